The van der Waals surface area contributed by atoms with Crippen LogP contribution in [0.3, 0.4) is 0 Å². The van der Waals surface area contributed by atoms with Gasteiger partial charge in [0, 0.05) is 18.2 Å². The predicted molar refractivity (Wildman–Crippen MR) is 233 cm³/mol. The molecule has 3 atom stereocenters. The molecule has 2 aromatic heterocycles. The van der Waals surface area contributed by atoms with E-state index >= 15 is 8.78 Å². The van der Waals surface area contributed by atoms with Crippen molar-refractivity contribution in [3.8, 4) is 21.8 Å². The molecule has 4 aliphatic rings. The second-order valence-corrected chi connectivity index (χ2v) is 19.8. The van der Waals surface area contributed by atoms with E-state index in [0.29, 0.717) is 19.4 Å². The zero-order valence-electron chi connectivity index (χ0n) is 37.3. The predicted octanol–water partition coefficient (Wildman–Crippen LogP) is 11.3. The van der Waals surface area contributed by atoms with Gasteiger partial charge in [-0.15, -0.1) is 0 Å². The van der Waals surface area contributed by atoms with E-state index in [1.807, 2.05) is 18.7 Å². The summed E-state index contributed by atoms with van der Waals surface area (Å²) in [6.07, 6.45) is -2.61. The standard InChI is InChI=1S/C44H44F6N6O5S.C2H6.Cr/c1-23-31-26(11-12-29(45)34(31)62-37(23)53-39(57)60-41(2,3)4)27-9-10-28-33(32(27)48)51-38(59-22-44-14-8-16-55(44)19-24(17-44)35(49)50)52-36(28)54-20-25-13-15-43(21-54,18-30(46)47)56(25)40(58)61-42(5,6)7;1-2;/h10-12,18,25H,8,13-17,19-22H2,2-7H3,(H,53,57);1-2H3;/q-1;;/t25?,43?,44-;;/m0../s1. The Balaban J connectivity index is 0.00000311. The summed E-state index contributed by atoms with van der Waals surface area (Å²) in [4.78, 5) is 40.7. The average molecular weight is 965 g/mol. The van der Waals surface area contributed by atoms with Crippen molar-refractivity contribution < 1.29 is 65.8 Å². The average Bonchev–Trinajstić information content (AvgIpc) is 3.94. The summed E-state index contributed by atoms with van der Waals surface area (Å²) in [5.41, 5.74) is -3.97. The minimum atomic E-state index is -2.00. The van der Waals surface area contributed by atoms with Crippen molar-refractivity contribution in [3.05, 3.63) is 65.3 Å². The Labute approximate surface area is 385 Å². The van der Waals surface area contributed by atoms with E-state index in [2.05, 4.69) is 36.7 Å². The van der Waals surface area contributed by atoms with Gasteiger partial charge in [0.25, 0.3) is 12.2 Å². The molecule has 4 aliphatic heterocycles. The van der Waals surface area contributed by atoms with Gasteiger partial charge in [-0.1, -0.05) is 13.8 Å². The molecule has 11 nitrogen and oxygen atoms in total. The summed E-state index contributed by atoms with van der Waals surface area (Å²) in [5, 5.41) is 3.19. The van der Waals surface area contributed by atoms with Gasteiger partial charge in [-0.2, -0.15) is 17.6 Å². The van der Waals surface area contributed by atoms with Gasteiger partial charge in [0.1, 0.15) is 5.60 Å². The van der Waals surface area contributed by atoms with Gasteiger partial charge in [0.2, 0.25) is 0 Å². The van der Waals surface area contributed by atoms with E-state index in [-0.39, 0.29) is 99.2 Å². The van der Waals surface area contributed by atoms with Gasteiger partial charge < -0.3 is 4.74 Å². The second-order valence-electron chi connectivity index (χ2n) is 18.4. The number of halogens is 6. The minimum absolute atomic E-state index is 0.0171. The first kappa shape index (κ1) is 48.2. The Morgan fingerprint density at radius 1 is 1.06 bits per heavy atom. The Morgan fingerprint density at radius 2 is 1.78 bits per heavy atom. The van der Waals surface area contributed by atoms with Gasteiger partial charge in [-0.3, -0.25) is 9.80 Å². The number of nitrogens with zero attached hydrogens (tertiary/aromatic N) is 5. The van der Waals surface area contributed by atoms with Crippen LogP contribution in [-0.4, -0.2) is 93.1 Å². The Bertz CT molecular complexity index is 2650. The normalized spacial score (nSPS) is 21.7. The van der Waals surface area contributed by atoms with Crippen LogP contribution >= 0.6 is 11.3 Å². The van der Waals surface area contributed by atoms with Crippen LogP contribution in [0.5, 0.6) is 6.01 Å². The summed E-state index contributed by atoms with van der Waals surface area (Å²) in [5.74, 6) is -1.43. The number of amides is 2. The molecule has 0 radical (unpaired) electrons. The van der Waals surface area contributed by atoms with Gasteiger partial charge in [0.05, 0.1) is 0 Å². The number of carbonyl (C=O) groups is 2. The summed E-state index contributed by atoms with van der Waals surface area (Å²) in [7, 11) is 0. The van der Waals surface area contributed by atoms with Crippen LogP contribution in [0.4, 0.5) is 46.8 Å². The van der Waals surface area contributed by atoms with E-state index in [4.69, 9.17) is 19.2 Å². The van der Waals surface area contributed by atoms with Crippen molar-refractivity contribution in [2.45, 2.75) is 116 Å². The Hall–Kier alpha value is -4.79. The third-order valence-electron chi connectivity index (χ3n) is 11.8. The van der Waals surface area contributed by atoms with E-state index < -0.39 is 64.3 Å². The molecule has 4 aromatic rings. The number of benzene rings is 2. The fourth-order valence-corrected chi connectivity index (χ4v) is 10.9. The first-order chi connectivity index (χ1) is 30.6. The van der Waals surface area contributed by atoms with Crippen LogP contribution in [0.25, 0.3) is 32.1 Å². The topological polar surface area (TPSA) is 109 Å². The molecule has 19 heteroatoms. The molecule has 2 unspecified atom stereocenters. The number of hydrogen-bond acceptors (Lipinski definition) is 10. The fourth-order valence-electron chi connectivity index (χ4n) is 9.39. The summed E-state index contributed by atoms with van der Waals surface area (Å²) < 4.78 is 110. The van der Waals surface area contributed by atoms with Crippen LogP contribution in [0.15, 0.2) is 42.0 Å². The first-order valence-corrected chi connectivity index (χ1v) is 22.8. The fraction of sp³-hybridized carbons (Fsp3) is 0.500. The number of hydrogen-bond donors (Lipinski definition) is 1. The third-order valence-corrected chi connectivity index (χ3v) is 13.2. The van der Waals surface area contributed by atoms with Crippen molar-refractivity contribution in [3.63, 3.8) is 0 Å². The quantitative estimate of drug-likeness (QED) is 0.143. The summed E-state index contributed by atoms with van der Waals surface area (Å²) in [6, 6.07) is 6.10. The third kappa shape index (κ3) is 9.45. The number of ether oxygens (including phenoxy) is 3. The maximum absolute atomic E-state index is 17.5. The van der Waals surface area contributed by atoms with Gasteiger partial charge in [-0.25, -0.2) is 4.79 Å². The van der Waals surface area contributed by atoms with E-state index in [9.17, 15) is 27.2 Å². The molecule has 1 N–H and O–H groups in total. The van der Waals surface area contributed by atoms with Crippen molar-refractivity contribution >= 4 is 55.3 Å². The van der Waals surface area contributed by atoms with Crippen LogP contribution in [0.1, 0.15) is 93.1 Å². The maximum atomic E-state index is 17.5. The number of piperazine rings is 1. The van der Waals surface area contributed by atoms with Gasteiger partial charge in [0.15, 0.2) is 0 Å². The Morgan fingerprint density at radius 3 is 2.45 bits per heavy atom. The van der Waals surface area contributed by atoms with Gasteiger partial charge >= 0.3 is 241 Å². The molecule has 2 amide bonds. The number of fused-ring (bicyclic) bond motifs is 5. The Kier molecular flexibility index (Phi) is 13.4. The van der Waals surface area contributed by atoms with Crippen LogP contribution in [-0.2, 0) is 25.1 Å². The molecule has 0 aliphatic carbocycles. The molecule has 8 rings (SSSR count). The number of rotatable bonds is 7. The summed E-state index contributed by atoms with van der Waals surface area (Å²) >= 11 is 3.57. The molecule has 349 valence electrons. The monoisotopic (exact) mass is 964 g/mol. The first-order valence-electron chi connectivity index (χ1n) is 21.4. The van der Waals surface area contributed by atoms with Crippen LogP contribution < -0.4 is 15.0 Å². The number of carbonyl (C=O) groups excluding carboxylic acids is 2. The molecule has 2 bridgehead atoms. The zero-order chi connectivity index (χ0) is 47.4. The van der Waals surface area contributed by atoms with E-state index in [1.165, 1.54) is 23.1 Å². The zero-order valence-corrected chi connectivity index (χ0v) is 39.4. The molecular weight excluding hydrogens is 915 g/mol. The van der Waals surface area contributed by atoms with Gasteiger partial charge in [-0.05, 0) is 59.4 Å². The van der Waals surface area contributed by atoms with Crippen LogP contribution in [0.2, 0.25) is 0 Å². The molecule has 4 fully saturated rings. The molecular formula is C46H50CrF6N6O5S-. The van der Waals surface area contributed by atoms with Crippen molar-refractivity contribution in [1.82, 2.24) is 19.8 Å². The number of anilines is 2. The van der Waals surface area contributed by atoms with E-state index in [0.717, 1.165) is 23.8 Å². The molecule has 65 heavy (non-hydrogen) atoms. The number of nitrogens with one attached hydrogen (secondary N) is 1. The SMILES string of the molecule is CC.CC(C)(C)OC(=O)Nc1sc2c(F)ccc(-c3[c-]cc4c(N5CC6CCC(C=C(F)F)(C5)N6C(=O)OC(C)(C)C)nc(OC[C@@]56CCCN5CC(=C(F)F)C6)nc4c3F)c2c1[C]#[Cr]. The van der Waals surface area contributed by atoms with Crippen molar-refractivity contribution in [1.29, 1.82) is 0 Å². The van der Waals surface area contributed by atoms with Crippen LogP contribution in [0, 0.1) is 22.4 Å². The van der Waals surface area contributed by atoms with E-state index in [1.54, 1.807) is 46.4 Å². The molecule has 6 heterocycles. The van der Waals surface area contributed by atoms with Crippen molar-refractivity contribution in [2.75, 3.05) is 43.0 Å². The summed E-state index contributed by atoms with van der Waals surface area (Å²) in [6.45, 7) is 14.6. The van der Waals surface area contributed by atoms with Crippen molar-refractivity contribution in [2.24, 2.45) is 0 Å². The molecule has 4 saturated heterocycles. The molecule has 0 saturated carbocycles. The second kappa shape index (κ2) is 18.1. The number of thiophene rings is 1. The number of aromatic nitrogens is 2. The molecule has 2 aromatic carbocycles. The molecule has 0 spiro atoms.